The van der Waals surface area contributed by atoms with Crippen molar-refractivity contribution in [3.63, 3.8) is 0 Å². The maximum atomic E-state index is 12.4. The van der Waals surface area contributed by atoms with Gasteiger partial charge >= 0.3 is 12.1 Å². The molecule has 1 rings (SSSR count). The van der Waals surface area contributed by atoms with Gasteiger partial charge in [0.1, 0.15) is 0 Å². The van der Waals surface area contributed by atoms with Crippen LogP contribution in [0.2, 0.25) is 0 Å². The fourth-order valence-electron chi connectivity index (χ4n) is 1.34. The number of halogens is 3. The van der Waals surface area contributed by atoms with Gasteiger partial charge in [-0.2, -0.15) is 18.3 Å². The molecular weight excluding hydrogens is 237 g/mol. The van der Waals surface area contributed by atoms with Crippen LogP contribution in [-0.2, 0) is 24.4 Å². The van der Waals surface area contributed by atoms with Crippen LogP contribution < -0.4 is 0 Å². The van der Waals surface area contributed by atoms with Crippen LogP contribution in [0, 0.1) is 5.41 Å². The van der Waals surface area contributed by atoms with Gasteiger partial charge in [-0.3, -0.25) is 9.48 Å². The van der Waals surface area contributed by atoms with Crippen LogP contribution in [0.5, 0.6) is 0 Å². The first-order valence-electron chi connectivity index (χ1n) is 4.87. The molecule has 1 aromatic rings. The summed E-state index contributed by atoms with van der Waals surface area (Å²) in [4.78, 5) is 10.9. The van der Waals surface area contributed by atoms with Crippen molar-refractivity contribution in [3.05, 3.63) is 17.5 Å². The summed E-state index contributed by atoms with van der Waals surface area (Å²) in [6.45, 7) is 2.91. The molecule has 0 fully saturated rings. The van der Waals surface area contributed by atoms with E-state index < -0.39 is 23.3 Å². The standard InChI is InChI=1S/C10H13F3N2O2/c1-9(2,8(16)17)5-6-4-7(10(11,12)13)14-15(6)3/h4H,5H2,1-3H3,(H,16,17). The Balaban J connectivity index is 3.02. The van der Waals surface area contributed by atoms with Crippen LogP contribution in [0.25, 0.3) is 0 Å². The van der Waals surface area contributed by atoms with Gasteiger partial charge in [0.15, 0.2) is 5.69 Å². The number of rotatable bonds is 3. The highest BCUT2D eigenvalue weighted by molar-refractivity contribution is 5.73. The first-order valence-corrected chi connectivity index (χ1v) is 4.87. The van der Waals surface area contributed by atoms with Crippen LogP contribution >= 0.6 is 0 Å². The fraction of sp³-hybridized carbons (Fsp3) is 0.600. The third kappa shape index (κ3) is 2.98. The minimum absolute atomic E-state index is 0.0120. The highest BCUT2D eigenvalue weighted by atomic mass is 19.4. The fourth-order valence-corrected chi connectivity index (χ4v) is 1.34. The topological polar surface area (TPSA) is 55.1 Å². The Labute approximate surface area is 96.0 Å². The van der Waals surface area contributed by atoms with Crippen molar-refractivity contribution in [2.45, 2.75) is 26.4 Å². The molecule has 17 heavy (non-hydrogen) atoms. The lowest BCUT2D eigenvalue weighted by Gasteiger charge is -2.18. The molecule has 0 aromatic carbocycles. The summed E-state index contributed by atoms with van der Waals surface area (Å²) in [5.41, 5.74) is -1.89. The Morgan fingerprint density at radius 3 is 2.35 bits per heavy atom. The quantitative estimate of drug-likeness (QED) is 0.893. The number of aryl methyl sites for hydroxylation is 1. The molecule has 0 bridgehead atoms. The molecule has 0 amide bonds. The average Bonchev–Trinajstić information content (AvgIpc) is 2.46. The number of carbonyl (C=O) groups is 1. The molecule has 0 aliphatic rings. The Bertz CT molecular complexity index is 435. The van der Waals surface area contributed by atoms with Crippen molar-refractivity contribution in [1.82, 2.24) is 9.78 Å². The van der Waals surface area contributed by atoms with E-state index in [1.165, 1.54) is 20.9 Å². The predicted octanol–water partition coefficient (Wildman–Crippen LogP) is 2.09. The predicted molar refractivity (Wildman–Crippen MR) is 53.3 cm³/mol. The lowest BCUT2D eigenvalue weighted by Crippen LogP contribution is -2.27. The van der Waals surface area contributed by atoms with Crippen molar-refractivity contribution in [2.24, 2.45) is 12.5 Å². The molecule has 7 heteroatoms. The zero-order valence-corrected chi connectivity index (χ0v) is 9.67. The van der Waals surface area contributed by atoms with Gasteiger partial charge < -0.3 is 5.11 Å². The lowest BCUT2D eigenvalue weighted by molar-refractivity contribution is -0.146. The zero-order valence-electron chi connectivity index (χ0n) is 9.67. The number of hydrogen-bond acceptors (Lipinski definition) is 2. The average molecular weight is 250 g/mol. The van der Waals surface area contributed by atoms with E-state index in [9.17, 15) is 18.0 Å². The molecule has 0 aliphatic heterocycles. The number of aromatic nitrogens is 2. The number of aliphatic carboxylic acids is 1. The molecule has 0 radical (unpaired) electrons. The number of nitrogens with zero attached hydrogens (tertiary/aromatic N) is 2. The summed E-state index contributed by atoms with van der Waals surface area (Å²) in [6, 6.07) is 0.880. The van der Waals surface area contributed by atoms with Gasteiger partial charge in [-0.1, -0.05) is 0 Å². The van der Waals surface area contributed by atoms with Crippen molar-refractivity contribution in [2.75, 3.05) is 0 Å². The van der Waals surface area contributed by atoms with Crippen LogP contribution in [0.1, 0.15) is 25.2 Å². The number of alkyl halides is 3. The maximum Gasteiger partial charge on any atom is 0.435 e. The molecule has 0 atom stereocenters. The third-order valence-electron chi connectivity index (χ3n) is 2.47. The molecule has 0 unspecified atom stereocenters. The molecule has 1 heterocycles. The molecule has 0 saturated heterocycles. The van der Waals surface area contributed by atoms with Crippen LogP contribution in [-0.4, -0.2) is 20.9 Å². The molecule has 1 N–H and O–H groups in total. The summed E-state index contributed by atoms with van der Waals surface area (Å²) in [7, 11) is 1.36. The van der Waals surface area contributed by atoms with E-state index in [2.05, 4.69) is 5.10 Å². The van der Waals surface area contributed by atoms with Gasteiger partial charge in [-0.15, -0.1) is 0 Å². The number of hydrogen-bond donors (Lipinski definition) is 1. The zero-order chi connectivity index (χ0) is 13.4. The lowest BCUT2D eigenvalue weighted by atomic mass is 9.88. The smallest absolute Gasteiger partial charge is 0.435 e. The van der Waals surface area contributed by atoms with Crippen molar-refractivity contribution < 1.29 is 23.1 Å². The monoisotopic (exact) mass is 250 g/mol. The van der Waals surface area contributed by atoms with Gasteiger partial charge in [0.25, 0.3) is 0 Å². The van der Waals surface area contributed by atoms with Crippen LogP contribution in [0.15, 0.2) is 6.07 Å². The first-order chi connectivity index (χ1) is 7.54. The Kier molecular flexibility index (Phi) is 3.22. The SMILES string of the molecule is Cn1nc(C(F)(F)F)cc1CC(C)(C)C(=O)O. The van der Waals surface area contributed by atoms with Gasteiger partial charge in [-0.25, -0.2) is 0 Å². The van der Waals surface area contributed by atoms with Crippen molar-refractivity contribution >= 4 is 5.97 Å². The van der Waals surface area contributed by atoms with Crippen LogP contribution in [0.3, 0.4) is 0 Å². The minimum Gasteiger partial charge on any atom is -0.481 e. The largest absolute Gasteiger partial charge is 0.481 e. The van der Waals surface area contributed by atoms with E-state index in [0.29, 0.717) is 0 Å². The van der Waals surface area contributed by atoms with Crippen molar-refractivity contribution in [3.8, 4) is 0 Å². The van der Waals surface area contributed by atoms with Gasteiger partial charge in [0.05, 0.1) is 5.41 Å². The highest BCUT2D eigenvalue weighted by Gasteiger charge is 2.36. The molecule has 0 saturated carbocycles. The highest BCUT2D eigenvalue weighted by Crippen LogP contribution is 2.30. The summed E-state index contributed by atoms with van der Waals surface area (Å²) in [6.07, 6.45) is -4.52. The summed E-state index contributed by atoms with van der Waals surface area (Å²) < 4.78 is 38.2. The van der Waals surface area contributed by atoms with E-state index in [4.69, 9.17) is 5.11 Å². The van der Waals surface area contributed by atoms with E-state index in [0.717, 1.165) is 10.7 Å². The molecule has 0 aliphatic carbocycles. The van der Waals surface area contributed by atoms with E-state index in [1.807, 2.05) is 0 Å². The molecular formula is C10H13F3N2O2. The molecule has 96 valence electrons. The second-order valence-electron chi connectivity index (χ2n) is 4.51. The van der Waals surface area contributed by atoms with E-state index in [-0.39, 0.29) is 12.1 Å². The Hall–Kier alpha value is -1.53. The van der Waals surface area contributed by atoms with Crippen LogP contribution in [0.4, 0.5) is 13.2 Å². The Morgan fingerprint density at radius 2 is 2.00 bits per heavy atom. The number of carboxylic acids is 1. The maximum absolute atomic E-state index is 12.4. The summed E-state index contributed by atoms with van der Waals surface area (Å²) >= 11 is 0. The summed E-state index contributed by atoms with van der Waals surface area (Å²) in [5, 5.41) is 12.2. The minimum atomic E-state index is -4.51. The van der Waals surface area contributed by atoms with E-state index >= 15 is 0 Å². The molecule has 4 nitrogen and oxygen atoms in total. The molecule has 1 aromatic heterocycles. The number of carboxylic acid groups (broad SMARTS) is 1. The normalized spacial score (nSPS) is 12.8. The van der Waals surface area contributed by atoms with Crippen molar-refractivity contribution in [1.29, 1.82) is 0 Å². The first kappa shape index (κ1) is 13.5. The van der Waals surface area contributed by atoms with E-state index in [1.54, 1.807) is 0 Å². The summed E-state index contributed by atoms with van der Waals surface area (Å²) in [5.74, 6) is -1.06. The third-order valence-corrected chi connectivity index (χ3v) is 2.47. The van der Waals surface area contributed by atoms with Gasteiger partial charge in [-0.05, 0) is 19.9 Å². The second kappa shape index (κ2) is 4.05. The Morgan fingerprint density at radius 1 is 1.47 bits per heavy atom. The van der Waals surface area contributed by atoms with Gasteiger partial charge in [0, 0.05) is 19.2 Å². The molecule has 0 spiro atoms. The van der Waals surface area contributed by atoms with Gasteiger partial charge in [0.2, 0.25) is 0 Å². The second-order valence-corrected chi connectivity index (χ2v) is 4.51.